The first-order valence-electron chi connectivity index (χ1n) is 5.89. The van der Waals surface area contributed by atoms with Crippen LogP contribution in [0.4, 0.5) is 0 Å². The molecule has 0 fully saturated rings. The van der Waals surface area contributed by atoms with Crippen LogP contribution in [0, 0.1) is 0 Å². The Morgan fingerprint density at radius 1 is 1.25 bits per heavy atom. The van der Waals surface area contributed by atoms with Gasteiger partial charge in [0.2, 0.25) is 10.0 Å². The van der Waals surface area contributed by atoms with Crippen molar-refractivity contribution in [1.82, 2.24) is 4.31 Å². The van der Waals surface area contributed by atoms with E-state index in [1.807, 2.05) is 0 Å². The Kier molecular flexibility index (Phi) is 6.26. The van der Waals surface area contributed by atoms with Gasteiger partial charge < -0.3 is 5.11 Å². The number of aliphatic carboxylic acids is 1. The number of rotatable bonds is 7. The maximum absolute atomic E-state index is 12.2. The molecule has 0 aliphatic heterocycles. The fourth-order valence-corrected chi connectivity index (χ4v) is 3.82. The molecule has 0 amide bonds. The van der Waals surface area contributed by atoms with Gasteiger partial charge in [0.05, 0.1) is 5.75 Å². The molecule has 1 aromatic carbocycles. The van der Waals surface area contributed by atoms with Gasteiger partial charge in [-0.25, -0.2) is 8.42 Å². The van der Waals surface area contributed by atoms with E-state index in [2.05, 4.69) is 0 Å². The second kappa shape index (κ2) is 7.26. The Labute approximate surface area is 128 Å². The van der Waals surface area contributed by atoms with E-state index >= 15 is 0 Å². The van der Waals surface area contributed by atoms with Crippen LogP contribution in [0.5, 0.6) is 0 Å². The van der Waals surface area contributed by atoms with Gasteiger partial charge in [0.15, 0.2) is 0 Å². The third-order valence-electron chi connectivity index (χ3n) is 2.45. The monoisotopic (exact) mass is 339 g/mol. The third kappa shape index (κ3) is 5.28. The molecule has 0 radical (unpaired) electrons. The molecular formula is C12H15Cl2NO4S. The van der Waals surface area contributed by atoms with Crippen LogP contribution in [-0.2, 0) is 20.6 Å². The molecule has 20 heavy (non-hydrogen) atoms. The molecule has 0 spiro atoms. The largest absolute Gasteiger partial charge is 0.480 e. The van der Waals surface area contributed by atoms with E-state index in [4.69, 9.17) is 28.3 Å². The number of nitrogens with zero attached hydrogens (tertiary/aromatic N) is 1. The summed E-state index contributed by atoms with van der Waals surface area (Å²) in [6.07, 6.45) is 0.531. The summed E-state index contributed by atoms with van der Waals surface area (Å²) in [6, 6.07) is 4.49. The van der Waals surface area contributed by atoms with Crippen LogP contribution < -0.4 is 0 Å². The number of hydrogen-bond donors (Lipinski definition) is 1. The van der Waals surface area contributed by atoms with Crippen molar-refractivity contribution < 1.29 is 18.3 Å². The molecule has 0 unspecified atom stereocenters. The van der Waals surface area contributed by atoms with E-state index in [9.17, 15) is 13.2 Å². The van der Waals surface area contributed by atoms with Gasteiger partial charge in [-0.1, -0.05) is 30.1 Å². The minimum Gasteiger partial charge on any atom is -0.480 e. The highest BCUT2D eigenvalue weighted by Gasteiger charge is 2.24. The van der Waals surface area contributed by atoms with Crippen molar-refractivity contribution in [3.8, 4) is 0 Å². The number of benzene rings is 1. The zero-order chi connectivity index (χ0) is 15.3. The van der Waals surface area contributed by atoms with E-state index in [1.165, 1.54) is 18.2 Å². The summed E-state index contributed by atoms with van der Waals surface area (Å²) in [4.78, 5) is 10.7. The first-order valence-corrected chi connectivity index (χ1v) is 8.25. The van der Waals surface area contributed by atoms with E-state index in [0.717, 1.165) is 4.31 Å². The minimum absolute atomic E-state index is 0.156. The molecule has 0 aliphatic rings. The number of halogens is 2. The van der Waals surface area contributed by atoms with E-state index in [0.29, 0.717) is 22.0 Å². The summed E-state index contributed by atoms with van der Waals surface area (Å²) in [7, 11) is -3.73. The molecule has 0 saturated heterocycles. The van der Waals surface area contributed by atoms with Gasteiger partial charge in [-0.3, -0.25) is 4.79 Å². The van der Waals surface area contributed by atoms with Gasteiger partial charge >= 0.3 is 5.97 Å². The van der Waals surface area contributed by atoms with E-state index in [-0.39, 0.29) is 12.3 Å². The highest BCUT2D eigenvalue weighted by molar-refractivity contribution is 7.88. The van der Waals surface area contributed by atoms with Gasteiger partial charge in [-0.05, 0) is 30.2 Å². The molecule has 5 nitrogen and oxygen atoms in total. The molecule has 1 N–H and O–H groups in total. The van der Waals surface area contributed by atoms with Crippen molar-refractivity contribution in [2.24, 2.45) is 0 Å². The zero-order valence-corrected chi connectivity index (χ0v) is 13.2. The van der Waals surface area contributed by atoms with E-state index in [1.54, 1.807) is 6.92 Å². The summed E-state index contributed by atoms with van der Waals surface area (Å²) in [5, 5.41) is 9.45. The van der Waals surface area contributed by atoms with Crippen molar-refractivity contribution in [2.75, 3.05) is 13.1 Å². The predicted molar refractivity (Wildman–Crippen MR) is 78.6 cm³/mol. The van der Waals surface area contributed by atoms with Gasteiger partial charge in [0.25, 0.3) is 0 Å². The van der Waals surface area contributed by atoms with Crippen LogP contribution in [0.15, 0.2) is 18.2 Å². The zero-order valence-electron chi connectivity index (χ0n) is 10.8. The standard InChI is InChI=1S/C12H15Cl2NO4S/c1-2-3-15(7-12(16)17)20(18,19)8-9-4-10(13)6-11(14)5-9/h4-6H,2-3,7-8H2,1H3,(H,16,17). The second-order valence-electron chi connectivity index (χ2n) is 4.26. The number of carbonyl (C=O) groups is 1. The first kappa shape index (κ1) is 17.2. The minimum atomic E-state index is -3.73. The molecule has 0 aromatic heterocycles. The van der Waals surface area contributed by atoms with Gasteiger partial charge in [0, 0.05) is 16.6 Å². The van der Waals surface area contributed by atoms with Crippen LogP contribution in [0.25, 0.3) is 0 Å². The molecule has 0 bridgehead atoms. The highest BCUT2D eigenvalue weighted by Crippen LogP contribution is 2.21. The maximum atomic E-state index is 12.2. The summed E-state index contributed by atoms with van der Waals surface area (Å²) in [5.74, 6) is -1.52. The number of sulfonamides is 1. The Morgan fingerprint density at radius 3 is 2.25 bits per heavy atom. The van der Waals surface area contributed by atoms with Crippen LogP contribution in [-0.4, -0.2) is 36.9 Å². The van der Waals surface area contributed by atoms with Crippen molar-refractivity contribution >= 4 is 39.2 Å². The van der Waals surface area contributed by atoms with Crippen LogP contribution in [0.3, 0.4) is 0 Å². The molecule has 0 saturated carbocycles. The van der Waals surface area contributed by atoms with Crippen molar-refractivity contribution in [1.29, 1.82) is 0 Å². The Morgan fingerprint density at radius 2 is 1.80 bits per heavy atom. The van der Waals surface area contributed by atoms with Crippen LogP contribution in [0.2, 0.25) is 10.0 Å². The lowest BCUT2D eigenvalue weighted by molar-refractivity contribution is -0.137. The predicted octanol–water partition coefficient (Wildman–Crippen LogP) is 2.62. The molecular weight excluding hydrogens is 325 g/mol. The van der Waals surface area contributed by atoms with Crippen LogP contribution >= 0.6 is 23.2 Å². The molecule has 8 heteroatoms. The topological polar surface area (TPSA) is 74.7 Å². The second-order valence-corrected chi connectivity index (χ2v) is 7.10. The quantitative estimate of drug-likeness (QED) is 0.828. The van der Waals surface area contributed by atoms with Gasteiger partial charge in [-0.2, -0.15) is 4.31 Å². The molecule has 0 atom stereocenters. The number of carboxylic acid groups (broad SMARTS) is 1. The highest BCUT2D eigenvalue weighted by atomic mass is 35.5. The average molecular weight is 340 g/mol. The molecule has 0 aliphatic carbocycles. The third-order valence-corrected chi connectivity index (χ3v) is 4.68. The molecule has 112 valence electrons. The van der Waals surface area contributed by atoms with Crippen LogP contribution in [0.1, 0.15) is 18.9 Å². The lowest BCUT2D eigenvalue weighted by Crippen LogP contribution is -2.37. The molecule has 0 heterocycles. The summed E-state index contributed by atoms with van der Waals surface area (Å²) < 4.78 is 25.4. The smallest absolute Gasteiger partial charge is 0.318 e. The Bertz CT molecular complexity index is 569. The summed E-state index contributed by atoms with van der Waals surface area (Å²) >= 11 is 11.6. The number of hydrogen-bond acceptors (Lipinski definition) is 3. The molecule has 1 rings (SSSR count). The fraction of sp³-hybridized carbons (Fsp3) is 0.417. The molecule has 1 aromatic rings. The Balaban J connectivity index is 2.98. The van der Waals surface area contributed by atoms with Gasteiger partial charge in [0.1, 0.15) is 6.54 Å². The fourth-order valence-electron chi connectivity index (χ4n) is 1.71. The number of carboxylic acids is 1. The summed E-state index contributed by atoms with van der Waals surface area (Å²) in [6.45, 7) is 1.38. The lowest BCUT2D eigenvalue weighted by Gasteiger charge is -2.19. The van der Waals surface area contributed by atoms with Crippen molar-refractivity contribution in [2.45, 2.75) is 19.1 Å². The van der Waals surface area contributed by atoms with Crippen molar-refractivity contribution in [3.05, 3.63) is 33.8 Å². The SMILES string of the molecule is CCCN(CC(=O)O)S(=O)(=O)Cc1cc(Cl)cc(Cl)c1. The Hall–Kier alpha value is -0.820. The average Bonchev–Trinajstić information content (AvgIpc) is 2.25. The normalized spacial score (nSPS) is 11.8. The first-order chi connectivity index (χ1) is 9.24. The maximum Gasteiger partial charge on any atom is 0.318 e. The van der Waals surface area contributed by atoms with Crippen molar-refractivity contribution in [3.63, 3.8) is 0 Å². The lowest BCUT2D eigenvalue weighted by atomic mass is 10.2. The van der Waals surface area contributed by atoms with Gasteiger partial charge in [-0.15, -0.1) is 0 Å². The van der Waals surface area contributed by atoms with E-state index < -0.39 is 22.5 Å². The summed E-state index contributed by atoms with van der Waals surface area (Å²) in [5.41, 5.74) is 0.425.